The molecule has 0 saturated carbocycles. The zero-order valence-corrected chi connectivity index (χ0v) is 19.0. The predicted molar refractivity (Wildman–Crippen MR) is 133 cm³/mol. The zero-order valence-electron chi connectivity index (χ0n) is 19.0. The molecular weight excluding hydrogens is 428 g/mol. The van der Waals surface area contributed by atoms with E-state index in [1.807, 2.05) is 42.5 Å². The molecule has 0 atom stereocenters. The van der Waals surface area contributed by atoms with Crippen molar-refractivity contribution >= 4 is 35.0 Å². The molecule has 0 unspecified atom stereocenters. The number of aromatic nitrogens is 1. The number of Topliss-reactive ketones (excluding diaryl/α,β-unsaturated/α-hetero) is 1. The van der Waals surface area contributed by atoms with Crippen LogP contribution in [-0.4, -0.2) is 53.7 Å². The summed E-state index contributed by atoms with van der Waals surface area (Å²) in [5, 5.41) is 2.82. The van der Waals surface area contributed by atoms with Gasteiger partial charge in [0.1, 0.15) is 5.57 Å². The maximum absolute atomic E-state index is 13.4. The van der Waals surface area contributed by atoms with Gasteiger partial charge in [-0.3, -0.25) is 19.4 Å². The second-order valence-corrected chi connectivity index (χ2v) is 8.05. The molecule has 172 valence electrons. The van der Waals surface area contributed by atoms with Crippen molar-refractivity contribution < 1.29 is 14.4 Å². The summed E-state index contributed by atoms with van der Waals surface area (Å²) in [5.41, 5.74) is 3.04. The molecule has 0 spiro atoms. The Balaban J connectivity index is 1.48. The van der Waals surface area contributed by atoms with Gasteiger partial charge < -0.3 is 15.1 Å². The van der Waals surface area contributed by atoms with E-state index in [1.165, 1.54) is 0 Å². The van der Waals surface area contributed by atoms with Crippen LogP contribution in [0.25, 0.3) is 6.08 Å². The number of hydrogen-bond acceptors (Lipinski definition) is 5. The molecule has 34 heavy (non-hydrogen) atoms. The van der Waals surface area contributed by atoms with Crippen LogP contribution < -0.4 is 10.2 Å². The van der Waals surface area contributed by atoms with E-state index in [1.54, 1.807) is 54.6 Å². The van der Waals surface area contributed by atoms with Crippen molar-refractivity contribution in [2.24, 2.45) is 0 Å². The fraction of sp³-hybridized carbons (Fsp3) is 0.185. The average molecular weight is 455 g/mol. The molecule has 0 radical (unpaired) electrons. The second kappa shape index (κ2) is 10.6. The number of pyridine rings is 1. The van der Waals surface area contributed by atoms with Gasteiger partial charge in [-0.1, -0.05) is 24.3 Å². The van der Waals surface area contributed by atoms with Crippen LogP contribution in [0.4, 0.5) is 11.4 Å². The van der Waals surface area contributed by atoms with E-state index in [0.29, 0.717) is 43.0 Å². The molecule has 1 aromatic heterocycles. The van der Waals surface area contributed by atoms with Crippen molar-refractivity contribution in [2.45, 2.75) is 6.92 Å². The number of ketones is 1. The van der Waals surface area contributed by atoms with Crippen molar-refractivity contribution in [3.63, 3.8) is 0 Å². The van der Waals surface area contributed by atoms with Crippen LogP contribution in [0.15, 0.2) is 84.7 Å². The molecule has 2 aromatic carbocycles. The molecule has 2 amide bonds. The Bertz CT molecular complexity index is 1180. The van der Waals surface area contributed by atoms with E-state index < -0.39 is 5.91 Å². The van der Waals surface area contributed by atoms with E-state index in [0.717, 1.165) is 5.69 Å². The molecule has 1 fully saturated rings. The van der Waals surface area contributed by atoms with Crippen LogP contribution in [0.5, 0.6) is 0 Å². The van der Waals surface area contributed by atoms with Crippen molar-refractivity contribution in [3.05, 3.63) is 95.8 Å². The molecule has 7 heteroatoms. The summed E-state index contributed by atoms with van der Waals surface area (Å²) >= 11 is 0. The lowest BCUT2D eigenvalue weighted by molar-refractivity contribution is -0.129. The highest BCUT2D eigenvalue weighted by Crippen LogP contribution is 2.20. The molecular formula is C27H26N4O3. The molecule has 0 aliphatic carbocycles. The average Bonchev–Trinajstić information content (AvgIpc) is 2.88. The van der Waals surface area contributed by atoms with Gasteiger partial charge in [0.25, 0.3) is 11.8 Å². The number of nitrogens with zero attached hydrogens (tertiary/aromatic N) is 3. The normalized spacial score (nSPS) is 14.0. The molecule has 3 aromatic rings. The molecule has 1 aliphatic heterocycles. The highest BCUT2D eigenvalue weighted by molar-refractivity contribution is 6.25. The Morgan fingerprint density at radius 3 is 2.21 bits per heavy atom. The van der Waals surface area contributed by atoms with Gasteiger partial charge in [0.05, 0.1) is 0 Å². The minimum atomic E-state index is -0.456. The quantitative estimate of drug-likeness (QED) is 0.266. The number of benzene rings is 2. The lowest BCUT2D eigenvalue weighted by Gasteiger charge is -2.36. The summed E-state index contributed by atoms with van der Waals surface area (Å²) in [5.74, 6) is -0.741. The fourth-order valence-corrected chi connectivity index (χ4v) is 3.82. The van der Waals surface area contributed by atoms with Gasteiger partial charge >= 0.3 is 0 Å². The van der Waals surface area contributed by atoms with Gasteiger partial charge in [0, 0.05) is 55.5 Å². The van der Waals surface area contributed by atoms with Gasteiger partial charge in [-0.05, 0) is 61.0 Å². The van der Waals surface area contributed by atoms with Crippen LogP contribution in [-0.2, 0) is 9.59 Å². The van der Waals surface area contributed by atoms with Crippen LogP contribution in [0.3, 0.4) is 0 Å². The van der Waals surface area contributed by atoms with E-state index >= 15 is 0 Å². The maximum Gasteiger partial charge on any atom is 0.261 e. The number of hydrogen-bond donors (Lipinski definition) is 1. The Morgan fingerprint density at radius 2 is 1.59 bits per heavy atom. The van der Waals surface area contributed by atoms with Crippen molar-refractivity contribution in [2.75, 3.05) is 36.4 Å². The van der Waals surface area contributed by atoms with Crippen LogP contribution in [0.2, 0.25) is 0 Å². The van der Waals surface area contributed by atoms with Crippen molar-refractivity contribution in [1.82, 2.24) is 9.88 Å². The van der Waals surface area contributed by atoms with Crippen LogP contribution in [0, 0.1) is 0 Å². The first-order valence-electron chi connectivity index (χ1n) is 11.1. The number of amides is 2. The fourth-order valence-electron chi connectivity index (χ4n) is 3.82. The first kappa shape index (κ1) is 22.9. The number of anilines is 2. The van der Waals surface area contributed by atoms with Crippen LogP contribution >= 0.6 is 0 Å². The van der Waals surface area contributed by atoms with Gasteiger partial charge in [-0.25, -0.2) is 0 Å². The first-order chi connectivity index (χ1) is 16.5. The Kier molecular flexibility index (Phi) is 7.13. The Labute approximate surface area is 198 Å². The third-order valence-corrected chi connectivity index (χ3v) is 5.71. The number of carbonyl (C=O) groups is 3. The van der Waals surface area contributed by atoms with Crippen molar-refractivity contribution in [3.8, 4) is 0 Å². The molecule has 1 N–H and O–H groups in total. The standard InChI is InChI=1S/C27H26N4O3/c1-20(32)22-9-11-24(12-10-22)30-14-16-31(17-15-30)27(34)25(18-21-6-5-13-28-19-21)26(33)29-23-7-3-2-4-8-23/h2-13,18-19H,14-17H2,1H3,(H,29,33). The van der Waals surface area contributed by atoms with Gasteiger partial charge in [0.2, 0.25) is 0 Å². The highest BCUT2D eigenvalue weighted by Gasteiger charge is 2.27. The molecule has 4 rings (SSSR count). The van der Waals surface area contributed by atoms with Crippen LogP contribution in [0.1, 0.15) is 22.8 Å². The number of carbonyl (C=O) groups excluding carboxylic acids is 3. The monoisotopic (exact) mass is 454 g/mol. The predicted octanol–water partition coefficient (Wildman–Crippen LogP) is 3.66. The summed E-state index contributed by atoms with van der Waals surface area (Å²) in [6, 6.07) is 20.1. The summed E-state index contributed by atoms with van der Waals surface area (Å²) in [6.07, 6.45) is 4.84. The summed E-state index contributed by atoms with van der Waals surface area (Å²) in [4.78, 5) is 46.0. The van der Waals surface area contributed by atoms with E-state index in [2.05, 4.69) is 15.2 Å². The van der Waals surface area contributed by atoms with E-state index in [4.69, 9.17) is 0 Å². The first-order valence-corrected chi connectivity index (χ1v) is 11.1. The van der Waals surface area contributed by atoms with Gasteiger partial charge in [0.15, 0.2) is 5.78 Å². The minimum absolute atomic E-state index is 0.0312. The number of rotatable bonds is 6. The third-order valence-electron chi connectivity index (χ3n) is 5.71. The van der Waals surface area contributed by atoms with Gasteiger partial charge in [-0.15, -0.1) is 0 Å². The van der Waals surface area contributed by atoms with Crippen molar-refractivity contribution in [1.29, 1.82) is 0 Å². The SMILES string of the molecule is CC(=O)c1ccc(N2CCN(C(=O)C(=Cc3cccnc3)C(=O)Nc3ccccc3)CC2)cc1. The van der Waals surface area contributed by atoms with E-state index in [9.17, 15) is 14.4 Å². The van der Waals surface area contributed by atoms with Gasteiger partial charge in [-0.2, -0.15) is 0 Å². The summed E-state index contributed by atoms with van der Waals surface area (Å²) in [7, 11) is 0. The van der Waals surface area contributed by atoms with E-state index in [-0.39, 0.29) is 17.3 Å². The molecule has 7 nitrogen and oxygen atoms in total. The maximum atomic E-state index is 13.4. The molecule has 2 heterocycles. The highest BCUT2D eigenvalue weighted by atomic mass is 16.2. The lowest BCUT2D eigenvalue weighted by Crippen LogP contribution is -2.50. The molecule has 1 aliphatic rings. The summed E-state index contributed by atoms with van der Waals surface area (Å²) in [6.45, 7) is 3.77. The topological polar surface area (TPSA) is 82.6 Å². The second-order valence-electron chi connectivity index (χ2n) is 8.05. The molecule has 1 saturated heterocycles. The number of para-hydroxylation sites is 1. The Hall–Kier alpha value is -4.26. The number of piperazine rings is 1. The largest absolute Gasteiger partial charge is 0.368 e. The third kappa shape index (κ3) is 5.56. The smallest absolute Gasteiger partial charge is 0.261 e. The molecule has 0 bridgehead atoms. The summed E-state index contributed by atoms with van der Waals surface area (Å²) < 4.78 is 0. The lowest BCUT2D eigenvalue weighted by atomic mass is 10.1. The zero-order chi connectivity index (χ0) is 23.9. The Morgan fingerprint density at radius 1 is 0.882 bits per heavy atom. The number of nitrogens with one attached hydrogen (secondary N) is 1. The minimum Gasteiger partial charge on any atom is -0.368 e.